The van der Waals surface area contributed by atoms with Crippen LogP contribution in [0.5, 0.6) is 0 Å². The Hall–Kier alpha value is -3.05. The van der Waals surface area contributed by atoms with E-state index in [-0.39, 0.29) is 33.1 Å². The van der Waals surface area contributed by atoms with Crippen molar-refractivity contribution >= 4 is 28.0 Å². The molecule has 2 aliphatic rings. The molecule has 2 heterocycles. The van der Waals surface area contributed by atoms with E-state index in [0.29, 0.717) is 6.54 Å². The zero-order valence-electron chi connectivity index (χ0n) is 18.6. The summed E-state index contributed by atoms with van der Waals surface area (Å²) in [5.41, 5.74) is 2.59. The highest BCUT2D eigenvalue weighted by molar-refractivity contribution is 7.89. The standard InChI is InChI=1S/C22H26N4O6S/c1-21(2)10-16-11-22(3,13-21)14-25(16)33(30,31)18-7-4-15(5-8-18)20(27)24-23-12-17-6-9-19(32-17)26(28)29/h4-9,12,16H,10-11,13-14H2,1-3H3,(H,24,27)/b23-12-/t16-,22+/m1/s1. The van der Waals surface area contributed by atoms with Crippen molar-refractivity contribution < 1.29 is 22.6 Å². The van der Waals surface area contributed by atoms with Crippen LogP contribution >= 0.6 is 0 Å². The predicted molar refractivity (Wildman–Crippen MR) is 120 cm³/mol. The summed E-state index contributed by atoms with van der Waals surface area (Å²) in [6.45, 7) is 7.05. The molecule has 0 radical (unpaired) electrons. The number of hydrazone groups is 1. The van der Waals surface area contributed by atoms with Crippen molar-refractivity contribution in [3.05, 3.63) is 57.8 Å². The largest absolute Gasteiger partial charge is 0.433 e. The number of carbonyl (C=O) groups is 1. The van der Waals surface area contributed by atoms with E-state index in [1.165, 1.54) is 36.4 Å². The van der Waals surface area contributed by atoms with Gasteiger partial charge in [0.25, 0.3) is 5.91 Å². The summed E-state index contributed by atoms with van der Waals surface area (Å²) >= 11 is 0. The molecule has 10 nitrogen and oxygen atoms in total. The Morgan fingerprint density at radius 1 is 1.21 bits per heavy atom. The van der Waals surface area contributed by atoms with Gasteiger partial charge in [-0.3, -0.25) is 14.9 Å². The molecule has 1 aromatic carbocycles. The molecule has 1 aliphatic carbocycles. The fraction of sp³-hybridized carbons (Fsp3) is 0.455. The third-order valence-electron chi connectivity index (χ3n) is 6.24. The van der Waals surface area contributed by atoms with Crippen molar-refractivity contribution in [2.24, 2.45) is 15.9 Å². The highest BCUT2D eigenvalue weighted by atomic mass is 32.2. The Kier molecular flexibility index (Phi) is 5.65. The van der Waals surface area contributed by atoms with Crippen LogP contribution in [-0.4, -0.2) is 42.4 Å². The lowest BCUT2D eigenvalue weighted by Crippen LogP contribution is -2.37. The maximum Gasteiger partial charge on any atom is 0.433 e. The van der Waals surface area contributed by atoms with Gasteiger partial charge < -0.3 is 4.42 Å². The molecule has 176 valence electrons. The molecular formula is C22H26N4O6S. The molecule has 33 heavy (non-hydrogen) atoms. The average molecular weight is 475 g/mol. The number of furan rings is 1. The van der Waals surface area contributed by atoms with Crippen molar-refractivity contribution in [3.8, 4) is 0 Å². The van der Waals surface area contributed by atoms with Gasteiger partial charge in [-0.25, -0.2) is 13.8 Å². The molecule has 2 atom stereocenters. The van der Waals surface area contributed by atoms with E-state index >= 15 is 0 Å². The van der Waals surface area contributed by atoms with Gasteiger partial charge in [-0.15, -0.1) is 0 Å². The van der Waals surface area contributed by atoms with E-state index in [0.717, 1.165) is 25.5 Å². The lowest BCUT2D eigenvalue weighted by Gasteiger charge is -2.39. The van der Waals surface area contributed by atoms with Crippen molar-refractivity contribution in [2.75, 3.05) is 6.54 Å². The van der Waals surface area contributed by atoms with Gasteiger partial charge in [0.05, 0.1) is 17.2 Å². The van der Waals surface area contributed by atoms with Gasteiger partial charge in [-0.1, -0.05) is 20.8 Å². The van der Waals surface area contributed by atoms with Crippen LogP contribution in [0.15, 0.2) is 50.8 Å². The van der Waals surface area contributed by atoms with Gasteiger partial charge in [-0.2, -0.15) is 9.41 Å². The summed E-state index contributed by atoms with van der Waals surface area (Å²) < 4.78 is 33.2. The third kappa shape index (κ3) is 4.69. The topological polar surface area (TPSA) is 135 Å². The SMILES string of the molecule is CC1(C)C[C@@H]2C[C@](C)(CN2S(=O)(=O)c2ccc(C(=O)N/N=C\c3ccc([N+](=O)[O-])o3)cc2)C1. The zero-order chi connectivity index (χ0) is 24.0. The number of amides is 1. The first-order chi connectivity index (χ1) is 15.4. The molecule has 1 amide bonds. The number of sulfonamides is 1. The van der Waals surface area contributed by atoms with Crippen LogP contribution in [-0.2, 0) is 10.0 Å². The van der Waals surface area contributed by atoms with Crippen molar-refractivity contribution in [1.29, 1.82) is 0 Å². The number of nitrogens with one attached hydrogen (secondary N) is 1. The Balaban J connectivity index is 1.43. The number of hydrogen-bond donors (Lipinski definition) is 1. The summed E-state index contributed by atoms with van der Waals surface area (Å²) in [6, 6.07) is 8.24. The van der Waals surface area contributed by atoms with Crippen LogP contribution in [0.3, 0.4) is 0 Å². The monoisotopic (exact) mass is 474 g/mol. The highest BCUT2D eigenvalue weighted by Gasteiger charge is 2.53. The lowest BCUT2D eigenvalue weighted by molar-refractivity contribution is -0.402. The number of benzene rings is 1. The van der Waals surface area contributed by atoms with Crippen LogP contribution in [0.25, 0.3) is 0 Å². The molecule has 2 aromatic rings. The maximum atomic E-state index is 13.3. The third-order valence-corrected chi connectivity index (χ3v) is 8.15. The summed E-state index contributed by atoms with van der Waals surface area (Å²) in [6.07, 6.45) is 3.83. The second-order valence-electron chi connectivity index (χ2n) is 9.92. The average Bonchev–Trinajstić information content (AvgIpc) is 3.29. The van der Waals surface area contributed by atoms with E-state index in [2.05, 4.69) is 31.3 Å². The number of nitro groups is 1. The molecule has 1 N–H and O–H groups in total. The quantitative estimate of drug-likeness (QED) is 0.386. The fourth-order valence-corrected chi connectivity index (χ4v) is 7.11. The first-order valence-corrected chi connectivity index (χ1v) is 12.0. The fourth-order valence-electron chi connectivity index (χ4n) is 5.33. The Bertz CT molecular complexity index is 1220. The first kappa shape index (κ1) is 23.1. The summed E-state index contributed by atoms with van der Waals surface area (Å²) in [4.78, 5) is 22.4. The van der Waals surface area contributed by atoms with E-state index < -0.39 is 26.7 Å². The predicted octanol–water partition coefficient (Wildman–Crippen LogP) is 3.54. The van der Waals surface area contributed by atoms with Crippen molar-refractivity contribution in [1.82, 2.24) is 9.73 Å². The van der Waals surface area contributed by atoms with Gasteiger partial charge in [0.1, 0.15) is 4.92 Å². The van der Waals surface area contributed by atoms with Gasteiger partial charge in [-0.05, 0) is 60.4 Å². The molecule has 2 bridgehead atoms. The van der Waals surface area contributed by atoms with Gasteiger partial charge in [0.2, 0.25) is 10.0 Å². The number of nitrogens with zero attached hydrogens (tertiary/aromatic N) is 3. The number of hydrogen-bond acceptors (Lipinski definition) is 7. The smallest absolute Gasteiger partial charge is 0.400 e. The van der Waals surface area contributed by atoms with E-state index in [1.54, 1.807) is 4.31 Å². The molecule has 0 unspecified atom stereocenters. The van der Waals surface area contributed by atoms with Crippen LogP contribution in [0.2, 0.25) is 0 Å². The van der Waals surface area contributed by atoms with Crippen molar-refractivity contribution in [2.45, 2.75) is 51.0 Å². The van der Waals surface area contributed by atoms with E-state index in [1.807, 2.05) is 0 Å². The molecular weight excluding hydrogens is 448 g/mol. The van der Waals surface area contributed by atoms with Crippen molar-refractivity contribution in [3.63, 3.8) is 0 Å². The summed E-state index contributed by atoms with van der Waals surface area (Å²) in [7, 11) is -3.68. The van der Waals surface area contributed by atoms with Gasteiger partial charge >= 0.3 is 5.88 Å². The minimum atomic E-state index is -3.68. The Morgan fingerprint density at radius 3 is 2.55 bits per heavy atom. The zero-order valence-corrected chi connectivity index (χ0v) is 19.5. The number of carbonyl (C=O) groups excluding carboxylic acids is 1. The molecule has 0 spiro atoms. The first-order valence-electron chi connectivity index (χ1n) is 10.6. The van der Waals surface area contributed by atoms with Gasteiger partial charge in [0, 0.05) is 18.2 Å². The molecule has 1 aliphatic heterocycles. The molecule has 4 rings (SSSR count). The molecule has 11 heteroatoms. The minimum Gasteiger partial charge on any atom is -0.400 e. The van der Waals surface area contributed by atoms with E-state index in [4.69, 9.17) is 4.42 Å². The lowest BCUT2D eigenvalue weighted by atomic mass is 9.65. The Labute approximate surface area is 191 Å². The van der Waals surface area contributed by atoms with Crippen LogP contribution in [0.1, 0.15) is 56.2 Å². The number of rotatable bonds is 6. The highest BCUT2D eigenvalue weighted by Crippen LogP contribution is 2.53. The van der Waals surface area contributed by atoms with Crippen LogP contribution in [0, 0.1) is 20.9 Å². The summed E-state index contributed by atoms with van der Waals surface area (Å²) in [5, 5.41) is 14.3. The molecule has 1 saturated carbocycles. The Morgan fingerprint density at radius 2 is 1.91 bits per heavy atom. The second-order valence-corrected chi connectivity index (χ2v) is 11.8. The van der Waals surface area contributed by atoms with Crippen LogP contribution < -0.4 is 5.43 Å². The number of fused-ring (bicyclic) bond motifs is 2. The molecule has 2 fully saturated rings. The van der Waals surface area contributed by atoms with E-state index in [9.17, 15) is 23.3 Å². The minimum absolute atomic E-state index is 0.0153. The summed E-state index contributed by atoms with van der Waals surface area (Å²) in [5.74, 6) is -0.877. The van der Waals surface area contributed by atoms with Gasteiger partial charge in [0.15, 0.2) is 5.76 Å². The molecule has 1 aromatic heterocycles. The normalized spacial score (nSPS) is 24.8. The maximum absolute atomic E-state index is 13.3. The molecule has 1 saturated heterocycles. The second kappa shape index (κ2) is 8.07. The van der Waals surface area contributed by atoms with Crippen LogP contribution in [0.4, 0.5) is 5.88 Å².